The minimum atomic E-state index is -0.439. The normalized spacial score (nSPS) is 27.2. The molecule has 1 atom stereocenters. The van der Waals surface area contributed by atoms with Crippen LogP contribution in [0.15, 0.2) is 12.2 Å². The lowest BCUT2D eigenvalue weighted by molar-refractivity contribution is -0.133. The Morgan fingerprint density at radius 3 is 2.85 bits per heavy atom. The minimum Gasteiger partial charge on any atom is -0.396 e. The standard InChI is InChI=1S/C10H18O3/c1-10(2)12-8-9(13-10)6-4-3-5-7-11/h4,6,9,11H,3,5,7-8H2,1-2H3/b6-4+/t9-/m1/s1. The maximum atomic E-state index is 8.55. The lowest BCUT2D eigenvalue weighted by Crippen LogP contribution is -2.20. The molecule has 0 unspecified atom stereocenters. The summed E-state index contributed by atoms with van der Waals surface area (Å²) in [5.74, 6) is -0.439. The van der Waals surface area contributed by atoms with E-state index in [-0.39, 0.29) is 12.7 Å². The van der Waals surface area contributed by atoms with E-state index >= 15 is 0 Å². The third kappa shape index (κ3) is 3.89. The quantitative estimate of drug-likeness (QED) is 0.533. The molecule has 0 aromatic heterocycles. The predicted octanol–water partition coefficient (Wildman–Crippen LogP) is 1.47. The molecule has 1 heterocycles. The van der Waals surface area contributed by atoms with Gasteiger partial charge in [0.15, 0.2) is 5.79 Å². The van der Waals surface area contributed by atoms with Gasteiger partial charge in [-0.15, -0.1) is 0 Å². The van der Waals surface area contributed by atoms with E-state index in [1.54, 1.807) is 0 Å². The maximum absolute atomic E-state index is 8.55. The largest absolute Gasteiger partial charge is 0.396 e. The van der Waals surface area contributed by atoms with Gasteiger partial charge in [0.1, 0.15) is 6.10 Å². The van der Waals surface area contributed by atoms with E-state index < -0.39 is 5.79 Å². The maximum Gasteiger partial charge on any atom is 0.163 e. The van der Waals surface area contributed by atoms with E-state index in [9.17, 15) is 0 Å². The first-order valence-electron chi connectivity index (χ1n) is 4.73. The molecule has 1 aliphatic heterocycles. The van der Waals surface area contributed by atoms with E-state index in [0.717, 1.165) is 12.8 Å². The van der Waals surface area contributed by atoms with Gasteiger partial charge in [0.05, 0.1) is 6.61 Å². The van der Waals surface area contributed by atoms with Gasteiger partial charge in [0.2, 0.25) is 0 Å². The molecule has 13 heavy (non-hydrogen) atoms. The smallest absolute Gasteiger partial charge is 0.163 e. The van der Waals surface area contributed by atoms with Gasteiger partial charge >= 0.3 is 0 Å². The van der Waals surface area contributed by atoms with Crippen LogP contribution in [0.25, 0.3) is 0 Å². The second kappa shape index (κ2) is 4.74. The van der Waals surface area contributed by atoms with Crippen molar-refractivity contribution < 1.29 is 14.6 Å². The van der Waals surface area contributed by atoms with E-state index in [0.29, 0.717) is 6.61 Å². The molecule has 0 aromatic carbocycles. The highest BCUT2D eigenvalue weighted by atomic mass is 16.7. The van der Waals surface area contributed by atoms with Gasteiger partial charge in [-0.1, -0.05) is 12.2 Å². The Morgan fingerprint density at radius 1 is 1.54 bits per heavy atom. The number of ether oxygens (including phenoxy) is 2. The van der Waals surface area contributed by atoms with Gasteiger partial charge in [-0.2, -0.15) is 0 Å². The fourth-order valence-electron chi connectivity index (χ4n) is 1.27. The van der Waals surface area contributed by atoms with Gasteiger partial charge in [0, 0.05) is 6.61 Å². The number of aliphatic hydroxyl groups is 1. The third-order valence-corrected chi connectivity index (χ3v) is 1.91. The van der Waals surface area contributed by atoms with Crippen molar-refractivity contribution in [3.8, 4) is 0 Å². The molecule has 3 heteroatoms. The van der Waals surface area contributed by atoms with Crippen LogP contribution in [-0.4, -0.2) is 30.2 Å². The number of unbranched alkanes of at least 4 members (excludes halogenated alkanes) is 1. The van der Waals surface area contributed by atoms with Crippen molar-refractivity contribution in [3.05, 3.63) is 12.2 Å². The van der Waals surface area contributed by atoms with Crippen LogP contribution in [0.2, 0.25) is 0 Å². The molecule has 1 saturated heterocycles. The third-order valence-electron chi connectivity index (χ3n) is 1.91. The molecule has 3 nitrogen and oxygen atoms in total. The molecule has 1 aliphatic rings. The topological polar surface area (TPSA) is 38.7 Å². The highest BCUT2D eigenvalue weighted by Crippen LogP contribution is 2.22. The van der Waals surface area contributed by atoms with Crippen molar-refractivity contribution in [1.29, 1.82) is 0 Å². The van der Waals surface area contributed by atoms with Gasteiger partial charge in [0.25, 0.3) is 0 Å². The molecule has 0 amide bonds. The van der Waals surface area contributed by atoms with Crippen molar-refractivity contribution in [1.82, 2.24) is 0 Å². The summed E-state index contributed by atoms with van der Waals surface area (Å²) in [5.41, 5.74) is 0. The molecule has 0 aromatic rings. The molecule has 1 fully saturated rings. The lowest BCUT2D eigenvalue weighted by atomic mass is 10.2. The Morgan fingerprint density at radius 2 is 2.31 bits per heavy atom. The summed E-state index contributed by atoms with van der Waals surface area (Å²) in [6.45, 7) is 4.70. The number of allylic oxidation sites excluding steroid dienone is 1. The Bertz CT molecular complexity index is 175. The first-order chi connectivity index (χ1) is 6.14. The van der Waals surface area contributed by atoms with E-state index in [4.69, 9.17) is 14.6 Å². The van der Waals surface area contributed by atoms with E-state index in [1.165, 1.54) is 0 Å². The summed E-state index contributed by atoms with van der Waals surface area (Å²) >= 11 is 0. The molecule has 1 N–H and O–H groups in total. The van der Waals surface area contributed by atoms with E-state index in [2.05, 4.69) is 0 Å². The monoisotopic (exact) mass is 186 g/mol. The van der Waals surface area contributed by atoms with Crippen LogP contribution in [0.3, 0.4) is 0 Å². The van der Waals surface area contributed by atoms with Crippen LogP contribution in [0.4, 0.5) is 0 Å². The summed E-state index contributed by atoms with van der Waals surface area (Å²) in [7, 11) is 0. The van der Waals surface area contributed by atoms with Crippen LogP contribution < -0.4 is 0 Å². The average Bonchev–Trinajstić information content (AvgIpc) is 2.40. The second-order valence-electron chi connectivity index (χ2n) is 3.66. The summed E-state index contributed by atoms with van der Waals surface area (Å²) in [6, 6.07) is 0. The highest BCUT2D eigenvalue weighted by molar-refractivity contribution is 4.92. The first-order valence-corrected chi connectivity index (χ1v) is 4.73. The molecule has 0 aliphatic carbocycles. The molecule has 0 radical (unpaired) electrons. The molecule has 0 bridgehead atoms. The minimum absolute atomic E-state index is 0.0775. The Hall–Kier alpha value is -0.380. The SMILES string of the molecule is CC1(C)OC[C@@H](/C=C/CCCO)O1. The number of hydrogen-bond acceptors (Lipinski definition) is 3. The van der Waals surface area contributed by atoms with Crippen LogP contribution in [0.1, 0.15) is 26.7 Å². The molecule has 1 rings (SSSR count). The van der Waals surface area contributed by atoms with Crippen molar-refractivity contribution in [2.75, 3.05) is 13.2 Å². The molecule has 0 saturated carbocycles. The molecular formula is C10H18O3. The van der Waals surface area contributed by atoms with Gasteiger partial charge in [-0.3, -0.25) is 0 Å². The Balaban J connectivity index is 2.20. The first kappa shape index (κ1) is 10.7. The molecule has 0 spiro atoms. The number of aliphatic hydroxyl groups excluding tert-OH is 1. The van der Waals surface area contributed by atoms with Crippen LogP contribution in [0.5, 0.6) is 0 Å². The lowest BCUT2D eigenvalue weighted by Gasteiger charge is -2.15. The summed E-state index contributed by atoms with van der Waals surface area (Å²) in [6.07, 6.45) is 5.83. The van der Waals surface area contributed by atoms with Gasteiger partial charge < -0.3 is 14.6 Å². The zero-order chi connectivity index (χ0) is 9.73. The molecular weight excluding hydrogens is 168 g/mol. The van der Waals surface area contributed by atoms with Crippen molar-refractivity contribution in [2.24, 2.45) is 0 Å². The fourth-order valence-corrected chi connectivity index (χ4v) is 1.27. The van der Waals surface area contributed by atoms with Crippen molar-refractivity contribution >= 4 is 0 Å². The zero-order valence-corrected chi connectivity index (χ0v) is 8.32. The molecule has 76 valence electrons. The van der Waals surface area contributed by atoms with Gasteiger partial charge in [-0.25, -0.2) is 0 Å². The summed E-state index contributed by atoms with van der Waals surface area (Å²) in [4.78, 5) is 0. The average molecular weight is 186 g/mol. The Kier molecular flexibility index (Phi) is 3.90. The van der Waals surface area contributed by atoms with E-state index in [1.807, 2.05) is 26.0 Å². The fraction of sp³-hybridized carbons (Fsp3) is 0.800. The highest BCUT2D eigenvalue weighted by Gasteiger charge is 2.30. The predicted molar refractivity (Wildman–Crippen MR) is 50.4 cm³/mol. The van der Waals surface area contributed by atoms with Crippen LogP contribution >= 0.6 is 0 Å². The summed E-state index contributed by atoms with van der Waals surface area (Å²) < 4.78 is 10.9. The number of hydrogen-bond donors (Lipinski definition) is 1. The van der Waals surface area contributed by atoms with Gasteiger partial charge in [-0.05, 0) is 26.7 Å². The second-order valence-corrected chi connectivity index (χ2v) is 3.66. The summed E-state index contributed by atoms with van der Waals surface area (Å²) in [5, 5.41) is 8.55. The number of rotatable bonds is 4. The van der Waals surface area contributed by atoms with Crippen molar-refractivity contribution in [2.45, 2.75) is 38.6 Å². The van der Waals surface area contributed by atoms with Crippen LogP contribution in [-0.2, 0) is 9.47 Å². The Labute approximate surface area is 79.3 Å². The zero-order valence-electron chi connectivity index (χ0n) is 8.32. The van der Waals surface area contributed by atoms with Crippen LogP contribution in [0, 0.1) is 0 Å². The van der Waals surface area contributed by atoms with Crippen molar-refractivity contribution in [3.63, 3.8) is 0 Å².